The summed E-state index contributed by atoms with van der Waals surface area (Å²) in [7, 11) is -2.57. The molecule has 3 rings (SSSR count). The summed E-state index contributed by atoms with van der Waals surface area (Å²) in [6.07, 6.45) is 4.10. The van der Waals surface area contributed by atoms with Crippen LogP contribution >= 0.6 is 11.6 Å². The maximum Gasteiger partial charge on any atom is 0.270 e. The first-order valence-electron chi connectivity index (χ1n) is 10.7. The van der Waals surface area contributed by atoms with Crippen molar-refractivity contribution in [1.29, 1.82) is 0 Å². The standard InChI is InChI=1S/C24H29ClN2O3S/c1-4-6-10-17(5-2)16-26-24(28)23-22(18-11-8-7-9-12-18)20-15-19(25)13-14-21(20)27(3)31(23,29)30/h7-9,11-15,17H,4-6,10,16H2,1-3H3,(H,26,28)/t17-/m0/s1. The Kier molecular flexibility index (Phi) is 7.44. The number of amides is 1. The average Bonchev–Trinajstić information content (AvgIpc) is 2.76. The van der Waals surface area contributed by atoms with E-state index in [1.807, 2.05) is 30.3 Å². The molecule has 0 fully saturated rings. The van der Waals surface area contributed by atoms with Crippen LogP contribution in [-0.4, -0.2) is 27.9 Å². The van der Waals surface area contributed by atoms with E-state index in [1.54, 1.807) is 18.2 Å². The Morgan fingerprint density at radius 3 is 2.48 bits per heavy atom. The molecule has 31 heavy (non-hydrogen) atoms. The molecule has 5 nitrogen and oxygen atoms in total. The molecule has 2 aromatic rings. The van der Waals surface area contributed by atoms with Crippen LogP contribution in [0, 0.1) is 5.92 Å². The summed E-state index contributed by atoms with van der Waals surface area (Å²) in [4.78, 5) is 13.1. The zero-order valence-electron chi connectivity index (χ0n) is 18.2. The van der Waals surface area contributed by atoms with Crippen LogP contribution in [-0.2, 0) is 14.8 Å². The van der Waals surface area contributed by atoms with Crippen LogP contribution in [0.3, 0.4) is 0 Å². The number of fused-ring (bicyclic) bond motifs is 1. The third-order valence-corrected chi connectivity index (χ3v) is 7.83. The van der Waals surface area contributed by atoms with Crippen molar-refractivity contribution in [3.8, 4) is 0 Å². The van der Waals surface area contributed by atoms with Gasteiger partial charge in [0.1, 0.15) is 0 Å². The van der Waals surface area contributed by atoms with Gasteiger partial charge in [0, 0.05) is 29.8 Å². The number of benzene rings is 2. The molecule has 1 N–H and O–H groups in total. The molecule has 166 valence electrons. The van der Waals surface area contributed by atoms with E-state index in [2.05, 4.69) is 19.2 Å². The molecule has 0 saturated heterocycles. The van der Waals surface area contributed by atoms with Crippen molar-refractivity contribution in [1.82, 2.24) is 5.32 Å². The molecule has 0 spiro atoms. The Morgan fingerprint density at radius 1 is 1.13 bits per heavy atom. The van der Waals surface area contributed by atoms with E-state index < -0.39 is 15.9 Å². The SMILES string of the molecule is CCCC[C@H](CC)CNC(=O)C1=C(c2ccccc2)c2cc(Cl)ccc2N(C)S1(=O)=O. The lowest BCUT2D eigenvalue weighted by Gasteiger charge is -2.31. The molecule has 1 aliphatic heterocycles. The van der Waals surface area contributed by atoms with Gasteiger partial charge in [-0.3, -0.25) is 9.10 Å². The lowest BCUT2D eigenvalue weighted by Crippen LogP contribution is -2.40. The zero-order valence-corrected chi connectivity index (χ0v) is 19.8. The van der Waals surface area contributed by atoms with Gasteiger partial charge in [0.2, 0.25) is 0 Å². The van der Waals surface area contributed by atoms with Crippen molar-refractivity contribution in [3.05, 3.63) is 69.6 Å². The van der Waals surface area contributed by atoms with Crippen LogP contribution in [0.5, 0.6) is 0 Å². The topological polar surface area (TPSA) is 66.5 Å². The summed E-state index contributed by atoms with van der Waals surface area (Å²) in [5.41, 5.74) is 2.16. The summed E-state index contributed by atoms with van der Waals surface area (Å²) in [5, 5.41) is 3.38. The highest BCUT2D eigenvalue weighted by Gasteiger charge is 2.39. The van der Waals surface area contributed by atoms with Crippen LogP contribution in [0.4, 0.5) is 5.69 Å². The minimum Gasteiger partial charge on any atom is -0.351 e. The summed E-state index contributed by atoms with van der Waals surface area (Å²) in [6, 6.07) is 14.2. The molecule has 0 saturated carbocycles. The van der Waals surface area contributed by atoms with Gasteiger partial charge < -0.3 is 5.32 Å². The molecular formula is C24H29ClN2O3S. The molecule has 1 heterocycles. The van der Waals surface area contributed by atoms with E-state index in [1.165, 1.54) is 7.05 Å². The fraction of sp³-hybridized carbons (Fsp3) is 0.375. The molecule has 1 amide bonds. The van der Waals surface area contributed by atoms with Crippen LogP contribution in [0.2, 0.25) is 5.02 Å². The first-order valence-corrected chi connectivity index (χ1v) is 12.5. The lowest BCUT2D eigenvalue weighted by molar-refractivity contribution is -0.117. The number of halogens is 1. The number of nitrogens with zero attached hydrogens (tertiary/aromatic N) is 1. The first-order chi connectivity index (χ1) is 14.8. The molecular weight excluding hydrogens is 432 g/mol. The van der Waals surface area contributed by atoms with Crippen LogP contribution in [0.1, 0.15) is 50.7 Å². The van der Waals surface area contributed by atoms with Crippen molar-refractivity contribution in [2.45, 2.75) is 39.5 Å². The Morgan fingerprint density at radius 2 is 1.84 bits per heavy atom. The van der Waals surface area contributed by atoms with Gasteiger partial charge in [0.25, 0.3) is 15.9 Å². The summed E-state index contributed by atoms with van der Waals surface area (Å²) in [5.74, 6) is -0.262. The number of hydrogen-bond acceptors (Lipinski definition) is 3. The Labute approximate surface area is 190 Å². The quantitative estimate of drug-likeness (QED) is 0.587. The summed E-state index contributed by atoms with van der Waals surface area (Å²) in [6.45, 7) is 4.67. The minimum absolute atomic E-state index is 0.235. The number of hydrogen-bond donors (Lipinski definition) is 1. The van der Waals surface area contributed by atoms with E-state index in [-0.39, 0.29) is 4.91 Å². The second-order valence-electron chi connectivity index (χ2n) is 7.83. The molecule has 0 aromatic heterocycles. The number of carbonyl (C=O) groups is 1. The normalized spacial score (nSPS) is 16.1. The first kappa shape index (κ1) is 23.4. The van der Waals surface area contributed by atoms with Gasteiger partial charge >= 0.3 is 0 Å². The summed E-state index contributed by atoms with van der Waals surface area (Å²) < 4.78 is 28.1. The molecule has 0 bridgehead atoms. The number of rotatable bonds is 8. The van der Waals surface area contributed by atoms with Crippen molar-refractivity contribution in [3.63, 3.8) is 0 Å². The van der Waals surface area contributed by atoms with Gasteiger partial charge in [0.15, 0.2) is 4.91 Å². The van der Waals surface area contributed by atoms with Gasteiger partial charge in [-0.15, -0.1) is 0 Å². The highest BCUT2D eigenvalue weighted by Crippen LogP contribution is 2.43. The Bertz CT molecular complexity index is 1080. The third-order valence-electron chi connectivity index (χ3n) is 5.78. The average molecular weight is 461 g/mol. The largest absolute Gasteiger partial charge is 0.351 e. The minimum atomic E-state index is -4.04. The maximum atomic E-state index is 13.4. The highest BCUT2D eigenvalue weighted by atomic mass is 35.5. The van der Waals surface area contributed by atoms with Crippen molar-refractivity contribution in [2.24, 2.45) is 5.92 Å². The number of sulfonamides is 1. The van der Waals surface area contributed by atoms with Gasteiger partial charge in [-0.05, 0) is 36.1 Å². The monoisotopic (exact) mass is 460 g/mol. The Hall–Kier alpha value is -2.31. The molecule has 0 unspecified atom stereocenters. The number of nitrogens with one attached hydrogen (secondary N) is 1. The van der Waals surface area contributed by atoms with E-state index in [0.29, 0.717) is 39.9 Å². The second-order valence-corrected chi connectivity index (χ2v) is 10.2. The van der Waals surface area contributed by atoms with Crippen molar-refractivity contribution in [2.75, 3.05) is 17.9 Å². The molecule has 0 aliphatic carbocycles. The van der Waals surface area contributed by atoms with Crippen molar-refractivity contribution >= 4 is 38.8 Å². The van der Waals surface area contributed by atoms with Crippen LogP contribution in [0.15, 0.2) is 53.4 Å². The molecule has 1 aliphatic rings. The van der Waals surface area contributed by atoms with E-state index in [0.717, 1.165) is 30.0 Å². The fourth-order valence-corrected chi connectivity index (χ4v) is 5.54. The number of carbonyl (C=O) groups excluding carboxylic acids is 1. The third kappa shape index (κ3) is 4.80. The zero-order chi connectivity index (χ0) is 22.6. The van der Waals surface area contributed by atoms with Gasteiger partial charge in [-0.1, -0.05) is 75.0 Å². The Balaban J connectivity index is 2.13. The summed E-state index contributed by atoms with van der Waals surface area (Å²) >= 11 is 6.25. The van der Waals surface area contributed by atoms with E-state index in [9.17, 15) is 13.2 Å². The maximum absolute atomic E-state index is 13.4. The van der Waals surface area contributed by atoms with E-state index in [4.69, 9.17) is 11.6 Å². The smallest absolute Gasteiger partial charge is 0.270 e. The molecule has 0 radical (unpaired) electrons. The number of anilines is 1. The fourth-order valence-electron chi connectivity index (χ4n) is 3.88. The molecule has 1 atom stereocenters. The van der Waals surface area contributed by atoms with E-state index >= 15 is 0 Å². The van der Waals surface area contributed by atoms with Gasteiger partial charge in [-0.25, -0.2) is 8.42 Å². The van der Waals surface area contributed by atoms with Gasteiger partial charge in [-0.2, -0.15) is 0 Å². The number of unbranched alkanes of at least 4 members (excludes halogenated alkanes) is 1. The van der Waals surface area contributed by atoms with Crippen molar-refractivity contribution < 1.29 is 13.2 Å². The van der Waals surface area contributed by atoms with Crippen LogP contribution < -0.4 is 9.62 Å². The predicted octanol–water partition coefficient (Wildman–Crippen LogP) is 5.21. The molecule has 7 heteroatoms. The lowest BCUT2D eigenvalue weighted by atomic mass is 9.95. The molecule has 2 aromatic carbocycles. The van der Waals surface area contributed by atoms with Crippen LogP contribution in [0.25, 0.3) is 5.57 Å². The predicted molar refractivity (Wildman–Crippen MR) is 128 cm³/mol. The highest BCUT2D eigenvalue weighted by molar-refractivity contribution is 7.97. The van der Waals surface area contributed by atoms with Gasteiger partial charge in [0.05, 0.1) is 5.69 Å². The second kappa shape index (κ2) is 9.88.